The molecule has 0 aromatic heterocycles. The Bertz CT molecular complexity index is 341. The molecule has 88 valence electrons. The minimum Gasteiger partial charge on any atom is -0.478 e. The molecule has 1 rings (SSSR count). The highest BCUT2D eigenvalue weighted by molar-refractivity contribution is 5.85. The van der Waals surface area contributed by atoms with E-state index in [2.05, 4.69) is 19.1 Å². The van der Waals surface area contributed by atoms with E-state index in [-0.39, 0.29) is 12.4 Å². The minimum absolute atomic E-state index is 0. The molecule has 1 aromatic carbocycles. The third kappa shape index (κ3) is 5.56. The Morgan fingerprint density at radius 2 is 1.94 bits per heavy atom. The van der Waals surface area contributed by atoms with Crippen LogP contribution in [0, 0.1) is 0 Å². The van der Waals surface area contributed by atoms with Crippen LogP contribution in [-0.4, -0.2) is 11.1 Å². The number of hydrogen-bond acceptors (Lipinski definition) is 1. The molecule has 0 aliphatic carbocycles. The highest BCUT2D eigenvalue weighted by Crippen LogP contribution is 2.08. The fourth-order valence-corrected chi connectivity index (χ4v) is 1.34. The summed E-state index contributed by atoms with van der Waals surface area (Å²) in [6.07, 6.45) is 6.25. The first-order valence-corrected chi connectivity index (χ1v) is 5.22. The van der Waals surface area contributed by atoms with Crippen molar-refractivity contribution in [3.05, 3.63) is 41.5 Å². The third-order valence-corrected chi connectivity index (χ3v) is 2.22. The maximum Gasteiger partial charge on any atom is 0.328 e. The molecule has 1 N–H and O–H groups in total. The number of carboxylic acid groups (broad SMARTS) is 1. The SMILES string of the molecule is CCCCc1ccc(C=CC(=O)O)cc1.Cl. The Balaban J connectivity index is 0.00000225. The third-order valence-electron chi connectivity index (χ3n) is 2.22. The number of halogens is 1. The van der Waals surface area contributed by atoms with E-state index in [1.807, 2.05) is 12.1 Å². The van der Waals surface area contributed by atoms with E-state index in [0.29, 0.717) is 0 Å². The maximum atomic E-state index is 10.3. The zero-order valence-corrected chi connectivity index (χ0v) is 10.2. The van der Waals surface area contributed by atoms with Crippen molar-refractivity contribution in [2.45, 2.75) is 26.2 Å². The number of aryl methyl sites for hydroxylation is 1. The van der Waals surface area contributed by atoms with Crippen molar-refractivity contribution >= 4 is 24.5 Å². The number of benzene rings is 1. The Hall–Kier alpha value is -1.28. The molecule has 0 unspecified atom stereocenters. The number of rotatable bonds is 5. The normalized spacial score (nSPS) is 10.1. The fourth-order valence-electron chi connectivity index (χ4n) is 1.34. The summed E-state index contributed by atoms with van der Waals surface area (Å²) in [5.74, 6) is -0.912. The Morgan fingerprint density at radius 1 is 1.31 bits per heavy atom. The average molecular weight is 241 g/mol. The van der Waals surface area contributed by atoms with Gasteiger partial charge in [0.1, 0.15) is 0 Å². The van der Waals surface area contributed by atoms with Gasteiger partial charge in [-0.2, -0.15) is 0 Å². The number of hydrogen-bond donors (Lipinski definition) is 1. The first-order valence-electron chi connectivity index (χ1n) is 5.22. The van der Waals surface area contributed by atoms with Gasteiger partial charge in [0, 0.05) is 6.08 Å². The van der Waals surface area contributed by atoms with Crippen molar-refractivity contribution in [3.63, 3.8) is 0 Å². The van der Waals surface area contributed by atoms with E-state index in [4.69, 9.17) is 5.11 Å². The van der Waals surface area contributed by atoms with Gasteiger partial charge in [-0.3, -0.25) is 0 Å². The molecule has 0 amide bonds. The number of aliphatic carboxylic acids is 1. The van der Waals surface area contributed by atoms with Gasteiger partial charge in [-0.25, -0.2) is 4.79 Å². The summed E-state index contributed by atoms with van der Waals surface area (Å²) in [6, 6.07) is 8.00. The second-order valence-corrected chi connectivity index (χ2v) is 3.52. The van der Waals surface area contributed by atoms with Crippen LogP contribution in [0.5, 0.6) is 0 Å². The monoisotopic (exact) mass is 240 g/mol. The lowest BCUT2D eigenvalue weighted by atomic mass is 10.1. The highest BCUT2D eigenvalue weighted by atomic mass is 35.5. The second-order valence-electron chi connectivity index (χ2n) is 3.52. The Morgan fingerprint density at radius 3 is 2.44 bits per heavy atom. The van der Waals surface area contributed by atoms with E-state index in [9.17, 15) is 4.79 Å². The van der Waals surface area contributed by atoms with Crippen molar-refractivity contribution in [1.29, 1.82) is 0 Å². The molecule has 1 aromatic rings. The van der Waals surface area contributed by atoms with Crippen molar-refractivity contribution < 1.29 is 9.90 Å². The van der Waals surface area contributed by atoms with Crippen LogP contribution in [0.25, 0.3) is 6.08 Å². The largest absolute Gasteiger partial charge is 0.478 e. The molecule has 3 heteroatoms. The summed E-state index contributed by atoms with van der Waals surface area (Å²) in [6.45, 7) is 2.17. The zero-order valence-electron chi connectivity index (χ0n) is 9.35. The van der Waals surface area contributed by atoms with E-state index >= 15 is 0 Å². The van der Waals surface area contributed by atoms with Gasteiger partial charge in [-0.05, 0) is 30.0 Å². The molecule has 0 aliphatic rings. The van der Waals surface area contributed by atoms with Crippen LogP contribution in [0.1, 0.15) is 30.9 Å². The summed E-state index contributed by atoms with van der Waals surface area (Å²) >= 11 is 0. The van der Waals surface area contributed by atoms with E-state index < -0.39 is 5.97 Å². The highest BCUT2D eigenvalue weighted by Gasteiger charge is 1.93. The molecule has 0 bridgehead atoms. The van der Waals surface area contributed by atoms with Crippen LogP contribution in [0.4, 0.5) is 0 Å². The summed E-state index contributed by atoms with van der Waals surface area (Å²) in [4.78, 5) is 10.3. The molecule has 0 radical (unpaired) electrons. The molecular formula is C13H17ClO2. The fraction of sp³-hybridized carbons (Fsp3) is 0.308. The molecule has 0 heterocycles. The molecular weight excluding hydrogens is 224 g/mol. The topological polar surface area (TPSA) is 37.3 Å². The van der Waals surface area contributed by atoms with Gasteiger partial charge in [-0.1, -0.05) is 37.6 Å². The van der Waals surface area contributed by atoms with Crippen LogP contribution in [0.15, 0.2) is 30.3 Å². The number of unbranched alkanes of at least 4 members (excludes halogenated alkanes) is 1. The first kappa shape index (κ1) is 14.7. The van der Waals surface area contributed by atoms with Gasteiger partial charge in [0.25, 0.3) is 0 Å². The average Bonchev–Trinajstić information content (AvgIpc) is 2.25. The molecule has 2 nitrogen and oxygen atoms in total. The van der Waals surface area contributed by atoms with Gasteiger partial charge >= 0.3 is 5.97 Å². The second kappa shape index (κ2) is 7.94. The Labute approximate surface area is 102 Å². The summed E-state index contributed by atoms with van der Waals surface area (Å²) in [5.41, 5.74) is 2.24. The maximum absolute atomic E-state index is 10.3. The standard InChI is InChI=1S/C13H16O2.ClH/c1-2-3-4-11-5-7-12(8-6-11)9-10-13(14)15;/h5-10H,2-4H2,1H3,(H,14,15);1H. The molecule has 0 fully saturated rings. The quantitative estimate of drug-likeness (QED) is 0.800. The predicted octanol–water partition coefficient (Wildman–Crippen LogP) is 3.55. The van der Waals surface area contributed by atoms with Gasteiger partial charge in [0.05, 0.1) is 0 Å². The van der Waals surface area contributed by atoms with Crippen LogP contribution in [0.2, 0.25) is 0 Å². The lowest BCUT2D eigenvalue weighted by molar-refractivity contribution is -0.131. The van der Waals surface area contributed by atoms with Gasteiger partial charge in [0.2, 0.25) is 0 Å². The lowest BCUT2D eigenvalue weighted by Crippen LogP contribution is -1.87. The van der Waals surface area contributed by atoms with Crippen LogP contribution in [-0.2, 0) is 11.2 Å². The van der Waals surface area contributed by atoms with Gasteiger partial charge in [-0.15, -0.1) is 12.4 Å². The first-order chi connectivity index (χ1) is 7.22. The lowest BCUT2D eigenvalue weighted by Gasteiger charge is -1.99. The van der Waals surface area contributed by atoms with Gasteiger partial charge < -0.3 is 5.11 Å². The molecule has 0 atom stereocenters. The van der Waals surface area contributed by atoms with Crippen molar-refractivity contribution in [2.24, 2.45) is 0 Å². The number of carboxylic acids is 1. The van der Waals surface area contributed by atoms with Crippen LogP contribution in [0.3, 0.4) is 0 Å². The predicted molar refractivity (Wildman–Crippen MR) is 69.0 cm³/mol. The Kier molecular flexibility index (Phi) is 7.31. The van der Waals surface area contributed by atoms with Crippen molar-refractivity contribution in [2.75, 3.05) is 0 Å². The molecule has 0 spiro atoms. The molecule has 16 heavy (non-hydrogen) atoms. The summed E-state index contributed by atoms with van der Waals surface area (Å²) in [5, 5.41) is 8.46. The van der Waals surface area contributed by atoms with Crippen LogP contribution < -0.4 is 0 Å². The molecule has 0 aliphatic heterocycles. The van der Waals surface area contributed by atoms with E-state index in [1.54, 1.807) is 6.08 Å². The number of carbonyl (C=O) groups is 1. The van der Waals surface area contributed by atoms with Crippen LogP contribution >= 0.6 is 12.4 Å². The summed E-state index contributed by atoms with van der Waals surface area (Å²) in [7, 11) is 0. The molecule has 0 saturated carbocycles. The van der Waals surface area contributed by atoms with Crippen molar-refractivity contribution in [1.82, 2.24) is 0 Å². The van der Waals surface area contributed by atoms with E-state index in [0.717, 1.165) is 18.1 Å². The van der Waals surface area contributed by atoms with Crippen molar-refractivity contribution in [3.8, 4) is 0 Å². The summed E-state index contributed by atoms with van der Waals surface area (Å²) < 4.78 is 0. The molecule has 0 saturated heterocycles. The smallest absolute Gasteiger partial charge is 0.328 e. The zero-order chi connectivity index (χ0) is 11.1. The van der Waals surface area contributed by atoms with Gasteiger partial charge in [0.15, 0.2) is 0 Å². The van der Waals surface area contributed by atoms with E-state index in [1.165, 1.54) is 18.4 Å². The minimum atomic E-state index is -0.912.